The van der Waals surface area contributed by atoms with Crippen molar-refractivity contribution in [3.63, 3.8) is 0 Å². The second kappa shape index (κ2) is 5.44. The zero-order valence-corrected chi connectivity index (χ0v) is 12.1. The van der Waals surface area contributed by atoms with E-state index in [1.54, 1.807) is 16.8 Å². The number of carbonyl (C=O) groups is 1. The maximum absolute atomic E-state index is 11.1. The summed E-state index contributed by atoms with van der Waals surface area (Å²) in [5, 5.41) is 13.3. The summed E-state index contributed by atoms with van der Waals surface area (Å²) >= 11 is 3.30. The summed E-state index contributed by atoms with van der Waals surface area (Å²) in [5.41, 5.74) is 1.92. The Kier molecular flexibility index (Phi) is 3.90. The second-order valence-corrected chi connectivity index (χ2v) is 5.05. The van der Waals surface area contributed by atoms with Gasteiger partial charge in [-0.1, -0.05) is 15.9 Å². The number of halogens is 1. The van der Waals surface area contributed by atoms with Crippen LogP contribution in [0.3, 0.4) is 0 Å². The van der Waals surface area contributed by atoms with Crippen molar-refractivity contribution >= 4 is 21.9 Å². The number of nitrogens with zero attached hydrogens (tertiary/aromatic N) is 2. The molecule has 0 aliphatic rings. The van der Waals surface area contributed by atoms with Crippen LogP contribution in [-0.2, 0) is 13.7 Å². The molecule has 0 spiro atoms. The first-order valence-corrected chi connectivity index (χ1v) is 6.42. The lowest BCUT2D eigenvalue weighted by Crippen LogP contribution is -2.06. The Morgan fingerprint density at radius 3 is 2.79 bits per heavy atom. The van der Waals surface area contributed by atoms with E-state index in [0.29, 0.717) is 5.75 Å². The molecule has 6 heteroatoms. The van der Waals surface area contributed by atoms with Gasteiger partial charge in [0.25, 0.3) is 0 Å². The minimum atomic E-state index is -1.01. The highest BCUT2D eigenvalue weighted by Gasteiger charge is 2.12. The molecule has 0 unspecified atom stereocenters. The van der Waals surface area contributed by atoms with Gasteiger partial charge in [0, 0.05) is 11.5 Å². The Hall–Kier alpha value is -1.82. The third kappa shape index (κ3) is 3.14. The lowest BCUT2D eigenvalue weighted by molar-refractivity contribution is 0.0691. The number of benzene rings is 1. The Balaban J connectivity index is 2.21. The van der Waals surface area contributed by atoms with E-state index in [1.165, 1.54) is 6.07 Å². The molecular formula is C13H13BrN2O3. The molecule has 100 valence electrons. The zero-order chi connectivity index (χ0) is 14.0. The van der Waals surface area contributed by atoms with E-state index < -0.39 is 5.97 Å². The Morgan fingerprint density at radius 1 is 1.47 bits per heavy atom. The fourth-order valence-corrected chi connectivity index (χ4v) is 2.08. The van der Waals surface area contributed by atoms with Crippen molar-refractivity contribution in [1.82, 2.24) is 9.78 Å². The van der Waals surface area contributed by atoms with Crippen LogP contribution in [0.15, 0.2) is 28.7 Å². The van der Waals surface area contributed by atoms with Crippen LogP contribution in [0.1, 0.15) is 21.7 Å². The van der Waals surface area contributed by atoms with Gasteiger partial charge in [0.2, 0.25) is 0 Å². The summed E-state index contributed by atoms with van der Waals surface area (Å²) in [6, 6.07) is 6.73. The zero-order valence-electron chi connectivity index (χ0n) is 10.6. The normalized spacial score (nSPS) is 10.5. The SMILES string of the molecule is Cc1cc(COc2cc(Br)ccc2C(=O)O)n(C)n1. The number of rotatable bonds is 4. The van der Waals surface area contributed by atoms with Gasteiger partial charge in [-0.05, 0) is 31.2 Å². The maximum Gasteiger partial charge on any atom is 0.339 e. The first kappa shape index (κ1) is 13.6. The number of hydrogen-bond donors (Lipinski definition) is 1. The molecule has 1 N–H and O–H groups in total. The van der Waals surface area contributed by atoms with Gasteiger partial charge >= 0.3 is 5.97 Å². The molecule has 0 atom stereocenters. The summed E-state index contributed by atoms with van der Waals surface area (Å²) in [5.74, 6) is -0.676. The van der Waals surface area contributed by atoms with Gasteiger partial charge in [0.1, 0.15) is 17.9 Å². The van der Waals surface area contributed by atoms with Crippen molar-refractivity contribution in [3.05, 3.63) is 45.7 Å². The molecule has 0 saturated carbocycles. The topological polar surface area (TPSA) is 64.3 Å². The molecule has 2 rings (SSSR count). The van der Waals surface area contributed by atoms with Gasteiger partial charge in [-0.2, -0.15) is 5.10 Å². The summed E-state index contributed by atoms with van der Waals surface area (Å²) in [7, 11) is 1.82. The molecule has 0 aliphatic heterocycles. The first-order chi connectivity index (χ1) is 8.97. The van der Waals surface area contributed by atoms with Gasteiger partial charge in [0.05, 0.1) is 11.4 Å². The average molecular weight is 325 g/mol. The number of hydrogen-bond acceptors (Lipinski definition) is 3. The number of ether oxygens (including phenoxy) is 1. The number of carboxylic acid groups (broad SMARTS) is 1. The van der Waals surface area contributed by atoms with Crippen LogP contribution in [0.4, 0.5) is 0 Å². The van der Waals surface area contributed by atoms with E-state index in [4.69, 9.17) is 9.84 Å². The van der Waals surface area contributed by atoms with E-state index in [9.17, 15) is 4.79 Å². The van der Waals surface area contributed by atoms with Gasteiger partial charge in [-0.25, -0.2) is 4.79 Å². The maximum atomic E-state index is 11.1. The van der Waals surface area contributed by atoms with E-state index in [-0.39, 0.29) is 12.2 Å². The molecule has 1 heterocycles. The molecule has 2 aromatic rings. The highest BCUT2D eigenvalue weighted by Crippen LogP contribution is 2.24. The largest absolute Gasteiger partial charge is 0.486 e. The van der Waals surface area contributed by atoms with E-state index in [1.807, 2.05) is 20.0 Å². The smallest absolute Gasteiger partial charge is 0.339 e. The van der Waals surface area contributed by atoms with Crippen LogP contribution in [0.25, 0.3) is 0 Å². The highest BCUT2D eigenvalue weighted by molar-refractivity contribution is 9.10. The molecule has 1 aromatic carbocycles. The summed E-state index contributed by atoms with van der Waals surface area (Å²) in [4.78, 5) is 11.1. The van der Waals surface area contributed by atoms with Crippen LogP contribution < -0.4 is 4.74 Å². The number of aromatic nitrogens is 2. The quantitative estimate of drug-likeness (QED) is 0.939. The average Bonchev–Trinajstić information content (AvgIpc) is 2.65. The van der Waals surface area contributed by atoms with Crippen LogP contribution in [-0.4, -0.2) is 20.9 Å². The highest BCUT2D eigenvalue weighted by atomic mass is 79.9. The Labute approximate surface area is 118 Å². The molecule has 5 nitrogen and oxygen atoms in total. The number of aryl methyl sites for hydroxylation is 2. The van der Waals surface area contributed by atoms with Crippen molar-refractivity contribution in [3.8, 4) is 5.75 Å². The monoisotopic (exact) mass is 324 g/mol. The van der Waals surface area contributed by atoms with Gasteiger partial charge in [-0.15, -0.1) is 0 Å². The van der Waals surface area contributed by atoms with Crippen molar-refractivity contribution in [2.75, 3.05) is 0 Å². The van der Waals surface area contributed by atoms with Crippen molar-refractivity contribution in [2.45, 2.75) is 13.5 Å². The van der Waals surface area contributed by atoms with E-state index >= 15 is 0 Å². The molecule has 1 aromatic heterocycles. The Morgan fingerprint density at radius 2 is 2.21 bits per heavy atom. The predicted molar refractivity (Wildman–Crippen MR) is 73.4 cm³/mol. The van der Waals surface area contributed by atoms with E-state index in [0.717, 1.165) is 15.9 Å². The molecule has 0 bridgehead atoms. The second-order valence-electron chi connectivity index (χ2n) is 4.13. The third-order valence-corrected chi connectivity index (χ3v) is 3.14. The third-order valence-electron chi connectivity index (χ3n) is 2.65. The molecular weight excluding hydrogens is 312 g/mol. The minimum absolute atomic E-state index is 0.141. The number of carboxylic acids is 1. The number of aromatic carboxylic acids is 1. The van der Waals surface area contributed by atoms with Gasteiger partial charge in [0.15, 0.2) is 0 Å². The molecule has 19 heavy (non-hydrogen) atoms. The van der Waals surface area contributed by atoms with Crippen LogP contribution in [0.2, 0.25) is 0 Å². The fourth-order valence-electron chi connectivity index (χ4n) is 1.74. The molecule has 0 fully saturated rings. The summed E-state index contributed by atoms with van der Waals surface area (Å²) < 4.78 is 8.08. The van der Waals surface area contributed by atoms with Crippen LogP contribution in [0, 0.1) is 6.92 Å². The first-order valence-electron chi connectivity index (χ1n) is 5.62. The van der Waals surface area contributed by atoms with E-state index in [2.05, 4.69) is 21.0 Å². The molecule has 0 aliphatic carbocycles. The molecule has 0 amide bonds. The van der Waals surface area contributed by atoms with Gasteiger partial charge in [-0.3, -0.25) is 4.68 Å². The lowest BCUT2D eigenvalue weighted by Gasteiger charge is -2.09. The van der Waals surface area contributed by atoms with Crippen LogP contribution in [0.5, 0.6) is 5.75 Å². The minimum Gasteiger partial charge on any atom is -0.486 e. The molecule has 0 radical (unpaired) electrons. The summed E-state index contributed by atoms with van der Waals surface area (Å²) in [6.07, 6.45) is 0. The molecule has 0 saturated heterocycles. The van der Waals surface area contributed by atoms with Crippen LogP contribution >= 0.6 is 15.9 Å². The van der Waals surface area contributed by atoms with Crippen molar-refractivity contribution in [2.24, 2.45) is 7.05 Å². The standard InChI is InChI=1S/C13H13BrN2O3/c1-8-5-10(16(2)15-8)7-19-12-6-9(14)3-4-11(12)13(17)18/h3-6H,7H2,1-2H3,(H,17,18). The predicted octanol–water partition coefficient (Wildman–Crippen LogP) is 2.77. The Bertz CT molecular complexity index is 622. The summed E-state index contributed by atoms with van der Waals surface area (Å²) in [6.45, 7) is 2.17. The fraction of sp³-hybridized carbons (Fsp3) is 0.231. The van der Waals surface area contributed by atoms with Crippen molar-refractivity contribution in [1.29, 1.82) is 0 Å². The van der Waals surface area contributed by atoms with Gasteiger partial charge < -0.3 is 9.84 Å². The lowest BCUT2D eigenvalue weighted by atomic mass is 10.2. The van der Waals surface area contributed by atoms with Crippen molar-refractivity contribution < 1.29 is 14.6 Å².